The van der Waals surface area contributed by atoms with Gasteiger partial charge in [0.1, 0.15) is 5.82 Å². The average molecular weight is 251 g/mol. The Kier molecular flexibility index (Phi) is 3.39. The van der Waals surface area contributed by atoms with Crippen molar-refractivity contribution in [3.8, 4) is 0 Å². The lowest BCUT2D eigenvalue weighted by molar-refractivity contribution is 0.0697. The number of aromatic carboxylic acids is 1. The fourth-order valence-corrected chi connectivity index (χ4v) is 2.09. The van der Waals surface area contributed by atoms with Crippen LogP contribution in [0.1, 0.15) is 15.2 Å². The van der Waals surface area contributed by atoms with E-state index in [9.17, 15) is 9.18 Å². The van der Waals surface area contributed by atoms with Crippen molar-refractivity contribution in [3.63, 3.8) is 0 Å². The molecule has 0 aliphatic rings. The summed E-state index contributed by atoms with van der Waals surface area (Å²) in [6, 6.07) is 7.56. The molecular weight excluding hydrogens is 241 g/mol. The first kappa shape index (κ1) is 11.6. The number of carboxylic acid groups (broad SMARTS) is 1. The summed E-state index contributed by atoms with van der Waals surface area (Å²) in [6.07, 6.45) is 0. The number of hydrogen-bond acceptors (Lipinski definition) is 3. The van der Waals surface area contributed by atoms with E-state index >= 15 is 0 Å². The Morgan fingerprint density at radius 3 is 2.88 bits per heavy atom. The van der Waals surface area contributed by atoms with Crippen molar-refractivity contribution in [3.05, 3.63) is 52.0 Å². The lowest BCUT2D eigenvalue weighted by atomic mass is 10.1. The molecule has 0 fully saturated rings. The molecule has 0 aliphatic carbocycles. The predicted octanol–water partition coefficient (Wildman–Crippen LogP) is 3.20. The van der Waals surface area contributed by atoms with Gasteiger partial charge in [-0.2, -0.15) is 0 Å². The molecule has 17 heavy (non-hydrogen) atoms. The topological polar surface area (TPSA) is 49.3 Å². The summed E-state index contributed by atoms with van der Waals surface area (Å²) in [7, 11) is 0. The number of carboxylic acids is 1. The molecule has 1 aromatic carbocycles. The van der Waals surface area contributed by atoms with Crippen molar-refractivity contribution in [1.82, 2.24) is 0 Å². The first-order valence-electron chi connectivity index (χ1n) is 4.96. The number of carbonyl (C=O) groups is 1. The number of anilines is 1. The van der Waals surface area contributed by atoms with Crippen LogP contribution in [0.3, 0.4) is 0 Å². The number of halogens is 1. The van der Waals surface area contributed by atoms with Gasteiger partial charge in [0.25, 0.3) is 0 Å². The van der Waals surface area contributed by atoms with Gasteiger partial charge in [-0.1, -0.05) is 6.07 Å². The Labute approximate surface area is 102 Å². The molecule has 0 unspecified atom stereocenters. The molecule has 3 nitrogen and oxygen atoms in total. The van der Waals surface area contributed by atoms with Crippen LogP contribution >= 0.6 is 11.3 Å². The Bertz CT molecular complexity index is 525. The fraction of sp³-hybridized carbons (Fsp3) is 0.0833. The highest BCUT2D eigenvalue weighted by Crippen LogP contribution is 2.19. The maximum atomic E-state index is 12.9. The summed E-state index contributed by atoms with van der Waals surface area (Å²) >= 11 is 1.58. The van der Waals surface area contributed by atoms with Gasteiger partial charge >= 0.3 is 5.97 Å². The van der Waals surface area contributed by atoms with E-state index in [1.165, 1.54) is 12.1 Å². The molecule has 2 N–H and O–H groups in total. The van der Waals surface area contributed by atoms with Gasteiger partial charge in [0, 0.05) is 17.1 Å². The average Bonchev–Trinajstić information content (AvgIpc) is 2.80. The van der Waals surface area contributed by atoms with Crippen LogP contribution < -0.4 is 5.32 Å². The summed E-state index contributed by atoms with van der Waals surface area (Å²) in [6.45, 7) is 0.531. The quantitative estimate of drug-likeness (QED) is 0.877. The lowest BCUT2D eigenvalue weighted by Crippen LogP contribution is -2.06. The third-order valence-electron chi connectivity index (χ3n) is 2.25. The monoisotopic (exact) mass is 251 g/mol. The van der Waals surface area contributed by atoms with E-state index in [1.807, 2.05) is 17.5 Å². The normalized spacial score (nSPS) is 10.2. The van der Waals surface area contributed by atoms with Crippen LogP contribution in [0.2, 0.25) is 0 Å². The molecule has 2 rings (SSSR count). The third-order valence-corrected chi connectivity index (χ3v) is 3.12. The SMILES string of the molecule is O=C(O)c1cc(F)ccc1NCc1cccs1. The van der Waals surface area contributed by atoms with Crippen molar-refractivity contribution < 1.29 is 14.3 Å². The van der Waals surface area contributed by atoms with Crippen molar-refractivity contribution in [2.45, 2.75) is 6.54 Å². The van der Waals surface area contributed by atoms with E-state index in [-0.39, 0.29) is 5.56 Å². The minimum atomic E-state index is -1.14. The highest BCUT2D eigenvalue weighted by molar-refractivity contribution is 7.09. The van der Waals surface area contributed by atoms with Crippen LogP contribution in [0.5, 0.6) is 0 Å². The van der Waals surface area contributed by atoms with Gasteiger partial charge in [-0.3, -0.25) is 0 Å². The van der Waals surface area contributed by atoms with Crippen molar-refractivity contribution >= 4 is 23.0 Å². The van der Waals surface area contributed by atoms with Crippen LogP contribution in [-0.2, 0) is 6.54 Å². The summed E-state index contributed by atoms with van der Waals surface area (Å²) in [5, 5.41) is 13.9. The zero-order valence-corrected chi connectivity index (χ0v) is 9.63. The second-order valence-electron chi connectivity index (χ2n) is 3.43. The Balaban J connectivity index is 2.17. The number of nitrogens with one attached hydrogen (secondary N) is 1. The minimum Gasteiger partial charge on any atom is -0.478 e. The van der Waals surface area contributed by atoms with Crippen LogP contribution in [-0.4, -0.2) is 11.1 Å². The highest BCUT2D eigenvalue weighted by Gasteiger charge is 2.10. The molecule has 88 valence electrons. The number of benzene rings is 1. The van der Waals surface area contributed by atoms with Gasteiger partial charge in [0.2, 0.25) is 0 Å². The van der Waals surface area contributed by atoms with Crippen molar-refractivity contribution in [2.24, 2.45) is 0 Å². The van der Waals surface area contributed by atoms with Crippen LogP contribution in [0.15, 0.2) is 35.7 Å². The van der Waals surface area contributed by atoms with E-state index in [1.54, 1.807) is 11.3 Å². The Morgan fingerprint density at radius 2 is 2.24 bits per heavy atom. The third kappa shape index (κ3) is 2.82. The van der Waals surface area contributed by atoms with E-state index in [2.05, 4.69) is 5.32 Å². The molecule has 0 aliphatic heterocycles. The van der Waals surface area contributed by atoms with Gasteiger partial charge in [-0.15, -0.1) is 11.3 Å². The van der Waals surface area contributed by atoms with Gasteiger partial charge < -0.3 is 10.4 Å². The molecule has 0 saturated heterocycles. The predicted molar refractivity (Wildman–Crippen MR) is 65.0 cm³/mol. The molecular formula is C12H10FNO2S. The molecule has 0 atom stereocenters. The highest BCUT2D eigenvalue weighted by atomic mass is 32.1. The Morgan fingerprint density at radius 1 is 1.41 bits per heavy atom. The summed E-state index contributed by atoms with van der Waals surface area (Å²) < 4.78 is 12.9. The maximum Gasteiger partial charge on any atom is 0.337 e. The van der Waals surface area contributed by atoms with E-state index in [4.69, 9.17) is 5.11 Å². The molecule has 0 spiro atoms. The summed E-state index contributed by atoms with van der Waals surface area (Å²) in [5.74, 6) is -1.69. The minimum absolute atomic E-state index is 0.0541. The second-order valence-corrected chi connectivity index (χ2v) is 4.46. The molecule has 0 bridgehead atoms. The standard InChI is InChI=1S/C12H10FNO2S/c13-8-3-4-11(10(6-8)12(15)16)14-7-9-2-1-5-17-9/h1-6,14H,7H2,(H,15,16). The number of rotatable bonds is 4. The summed E-state index contributed by atoms with van der Waals surface area (Å²) in [5.41, 5.74) is 0.369. The Hall–Kier alpha value is -1.88. The molecule has 5 heteroatoms. The molecule has 0 amide bonds. The van der Waals surface area contributed by atoms with Gasteiger partial charge in [-0.05, 0) is 29.6 Å². The van der Waals surface area contributed by atoms with E-state index in [0.29, 0.717) is 12.2 Å². The van der Waals surface area contributed by atoms with E-state index in [0.717, 1.165) is 10.9 Å². The first-order valence-corrected chi connectivity index (χ1v) is 5.84. The number of hydrogen-bond donors (Lipinski definition) is 2. The first-order chi connectivity index (χ1) is 8.16. The van der Waals surface area contributed by atoms with Gasteiger partial charge in [-0.25, -0.2) is 9.18 Å². The largest absolute Gasteiger partial charge is 0.478 e. The second kappa shape index (κ2) is 4.97. The molecule has 2 aromatic rings. The molecule has 0 radical (unpaired) electrons. The van der Waals surface area contributed by atoms with Crippen LogP contribution in [0.25, 0.3) is 0 Å². The summed E-state index contributed by atoms with van der Waals surface area (Å²) in [4.78, 5) is 12.0. The van der Waals surface area contributed by atoms with Crippen molar-refractivity contribution in [2.75, 3.05) is 5.32 Å². The molecule has 0 saturated carbocycles. The lowest BCUT2D eigenvalue weighted by Gasteiger charge is -2.08. The fourth-order valence-electron chi connectivity index (χ4n) is 1.44. The smallest absolute Gasteiger partial charge is 0.337 e. The van der Waals surface area contributed by atoms with Gasteiger partial charge in [0.15, 0.2) is 0 Å². The van der Waals surface area contributed by atoms with E-state index < -0.39 is 11.8 Å². The van der Waals surface area contributed by atoms with Crippen LogP contribution in [0, 0.1) is 5.82 Å². The molecule has 1 aromatic heterocycles. The van der Waals surface area contributed by atoms with Gasteiger partial charge in [0.05, 0.1) is 5.56 Å². The van der Waals surface area contributed by atoms with Crippen molar-refractivity contribution in [1.29, 1.82) is 0 Å². The zero-order valence-electron chi connectivity index (χ0n) is 8.81. The number of thiophene rings is 1. The maximum absolute atomic E-state index is 12.9. The van der Waals surface area contributed by atoms with Crippen LogP contribution in [0.4, 0.5) is 10.1 Å². The zero-order chi connectivity index (χ0) is 12.3. The molecule has 1 heterocycles.